The van der Waals surface area contributed by atoms with Crippen molar-refractivity contribution in [2.75, 3.05) is 23.9 Å². The predicted octanol–water partition coefficient (Wildman–Crippen LogP) is 1.88. The minimum absolute atomic E-state index is 0.197. The van der Waals surface area contributed by atoms with Gasteiger partial charge in [0.1, 0.15) is 11.8 Å². The number of aromatic nitrogens is 1. The zero-order valence-corrected chi connectivity index (χ0v) is 16.7. The highest BCUT2D eigenvalue weighted by atomic mass is 32.2. The van der Waals surface area contributed by atoms with Crippen molar-refractivity contribution in [3.05, 3.63) is 47.2 Å². The van der Waals surface area contributed by atoms with Crippen molar-refractivity contribution in [2.24, 2.45) is 0 Å². The molecule has 1 aromatic heterocycles. The number of thioether (sulfide) groups is 1. The number of ether oxygens (including phenoxy) is 1. The second kappa shape index (κ2) is 8.91. The lowest BCUT2D eigenvalue weighted by atomic mass is 10.1. The van der Waals surface area contributed by atoms with Crippen LogP contribution in [0.2, 0.25) is 0 Å². The number of rotatable bonds is 8. The topological polar surface area (TPSA) is 119 Å². The predicted molar refractivity (Wildman–Crippen MR) is 105 cm³/mol. The van der Waals surface area contributed by atoms with E-state index in [0.29, 0.717) is 11.5 Å². The van der Waals surface area contributed by atoms with Gasteiger partial charge in [0, 0.05) is 6.07 Å². The fourth-order valence-corrected chi connectivity index (χ4v) is 3.37. The van der Waals surface area contributed by atoms with E-state index in [1.54, 1.807) is 31.2 Å². The Labute approximate surface area is 170 Å². The number of hydrogen-bond acceptors (Lipinski definition) is 8. The normalized spacial score (nSPS) is 13.9. The molecule has 1 aromatic carbocycles. The first-order valence-electron chi connectivity index (χ1n) is 8.78. The lowest BCUT2D eigenvalue weighted by Crippen LogP contribution is -2.46. The number of nitrogens with one attached hydrogen (secondary N) is 1. The van der Waals surface area contributed by atoms with Crippen LogP contribution in [0.5, 0.6) is 0 Å². The van der Waals surface area contributed by atoms with Gasteiger partial charge < -0.3 is 14.6 Å². The van der Waals surface area contributed by atoms with Gasteiger partial charge in [-0.3, -0.25) is 19.3 Å². The second-order valence-corrected chi connectivity index (χ2v) is 7.29. The Bertz CT molecular complexity index is 922. The summed E-state index contributed by atoms with van der Waals surface area (Å²) in [5.74, 6) is -1.29. The molecule has 0 fully saturated rings. The van der Waals surface area contributed by atoms with E-state index in [1.165, 1.54) is 17.8 Å². The Kier molecular flexibility index (Phi) is 6.32. The highest BCUT2D eigenvalue weighted by Crippen LogP contribution is 2.26. The number of fused-ring (bicyclic) bond motifs is 1. The first kappa shape index (κ1) is 20.6. The summed E-state index contributed by atoms with van der Waals surface area (Å²) in [6.07, 6.45) is 2.06. The lowest BCUT2D eigenvalue weighted by Gasteiger charge is -2.24. The van der Waals surface area contributed by atoms with E-state index in [0.717, 1.165) is 4.90 Å². The van der Waals surface area contributed by atoms with Crippen molar-refractivity contribution in [1.29, 1.82) is 0 Å². The van der Waals surface area contributed by atoms with Gasteiger partial charge in [-0.25, -0.2) is 4.79 Å². The number of amides is 3. The fraction of sp³-hybridized carbons (Fsp3) is 0.316. The molecule has 9 nitrogen and oxygen atoms in total. The van der Waals surface area contributed by atoms with E-state index in [2.05, 4.69) is 10.5 Å². The van der Waals surface area contributed by atoms with Gasteiger partial charge in [-0.1, -0.05) is 17.3 Å². The van der Waals surface area contributed by atoms with Crippen LogP contribution in [0.15, 0.2) is 34.9 Å². The Morgan fingerprint density at radius 3 is 2.45 bits per heavy atom. The van der Waals surface area contributed by atoms with Crippen molar-refractivity contribution in [1.82, 2.24) is 10.1 Å². The number of esters is 1. The van der Waals surface area contributed by atoms with Crippen LogP contribution in [0.3, 0.4) is 0 Å². The van der Waals surface area contributed by atoms with Gasteiger partial charge in [0.25, 0.3) is 17.7 Å². The molecule has 2 heterocycles. The average Bonchev–Trinajstić information content (AvgIpc) is 3.22. The number of nitrogens with zero attached hydrogens (tertiary/aromatic N) is 2. The summed E-state index contributed by atoms with van der Waals surface area (Å²) < 4.78 is 9.92. The van der Waals surface area contributed by atoms with E-state index in [4.69, 9.17) is 9.26 Å². The third-order valence-corrected chi connectivity index (χ3v) is 4.89. The molecular formula is C19H19N3O6S. The molecule has 0 spiro atoms. The lowest BCUT2D eigenvalue weighted by molar-refractivity contribution is -0.151. The molecule has 1 aliphatic rings. The quantitative estimate of drug-likeness (QED) is 0.511. The van der Waals surface area contributed by atoms with Crippen LogP contribution in [-0.4, -0.2) is 58.4 Å². The highest BCUT2D eigenvalue weighted by molar-refractivity contribution is 7.98. The van der Waals surface area contributed by atoms with E-state index >= 15 is 0 Å². The van der Waals surface area contributed by atoms with Crippen LogP contribution in [0.25, 0.3) is 0 Å². The average molecular weight is 417 g/mol. The zero-order chi connectivity index (χ0) is 21.0. The molecular weight excluding hydrogens is 398 g/mol. The van der Waals surface area contributed by atoms with Crippen LogP contribution in [0.4, 0.5) is 5.82 Å². The van der Waals surface area contributed by atoms with Crippen molar-refractivity contribution in [3.63, 3.8) is 0 Å². The number of anilines is 1. The minimum Gasteiger partial charge on any atom is -0.454 e. The maximum absolute atomic E-state index is 12.7. The second-order valence-electron chi connectivity index (χ2n) is 6.30. The van der Waals surface area contributed by atoms with E-state index in [-0.39, 0.29) is 23.4 Å². The van der Waals surface area contributed by atoms with Gasteiger partial charge in [0.05, 0.1) is 11.1 Å². The van der Waals surface area contributed by atoms with Crippen LogP contribution < -0.4 is 5.32 Å². The van der Waals surface area contributed by atoms with E-state index in [1.807, 2.05) is 6.26 Å². The van der Waals surface area contributed by atoms with Gasteiger partial charge in [-0.15, -0.1) is 0 Å². The minimum atomic E-state index is -1.11. The Morgan fingerprint density at radius 1 is 1.24 bits per heavy atom. The molecule has 1 N–H and O–H groups in total. The maximum atomic E-state index is 12.7. The molecule has 0 bridgehead atoms. The summed E-state index contributed by atoms with van der Waals surface area (Å²) in [5, 5.41) is 6.05. The van der Waals surface area contributed by atoms with Crippen LogP contribution in [0, 0.1) is 6.92 Å². The molecule has 0 radical (unpaired) electrons. The van der Waals surface area contributed by atoms with Crippen LogP contribution >= 0.6 is 11.8 Å². The largest absolute Gasteiger partial charge is 0.454 e. The number of benzene rings is 1. The number of aryl methyl sites for hydroxylation is 1. The van der Waals surface area contributed by atoms with Crippen molar-refractivity contribution in [2.45, 2.75) is 19.4 Å². The summed E-state index contributed by atoms with van der Waals surface area (Å²) in [6.45, 7) is 1.09. The molecule has 1 aliphatic heterocycles. The van der Waals surface area contributed by atoms with Gasteiger partial charge in [0.2, 0.25) is 0 Å². The number of carbonyl (C=O) groups is 4. The summed E-state index contributed by atoms with van der Waals surface area (Å²) in [4.78, 5) is 50.9. The maximum Gasteiger partial charge on any atom is 0.329 e. The first-order valence-corrected chi connectivity index (χ1v) is 10.2. The summed E-state index contributed by atoms with van der Waals surface area (Å²) in [6, 6.07) is 6.79. The number of hydrogen-bond donors (Lipinski definition) is 1. The standard InChI is InChI=1S/C19H19N3O6S/c1-11-9-15(21-28-11)20-16(23)10-27-19(26)14(7-8-29-2)22-17(24)12-5-3-4-6-13(12)18(22)25/h3-6,9,14H,7-8,10H2,1-2H3,(H,20,21,23)/t14-/m0/s1. The fourth-order valence-electron chi connectivity index (χ4n) is 2.91. The molecule has 3 rings (SSSR count). The van der Waals surface area contributed by atoms with E-state index < -0.39 is 36.3 Å². The third-order valence-electron chi connectivity index (χ3n) is 4.25. The molecule has 0 saturated carbocycles. The number of carbonyl (C=O) groups excluding carboxylic acids is 4. The highest BCUT2D eigenvalue weighted by Gasteiger charge is 2.43. The third kappa shape index (κ3) is 4.48. The van der Waals surface area contributed by atoms with Crippen molar-refractivity contribution in [3.8, 4) is 0 Å². The Balaban J connectivity index is 1.68. The molecule has 29 heavy (non-hydrogen) atoms. The molecule has 3 amide bonds. The summed E-state index contributed by atoms with van der Waals surface area (Å²) >= 11 is 1.47. The molecule has 152 valence electrons. The van der Waals surface area contributed by atoms with Gasteiger partial charge in [-0.05, 0) is 37.5 Å². The molecule has 10 heteroatoms. The first-order chi connectivity index (χ1) is 13.9. The van der Waals surface area contributed by atoms with Gasteiger partial charge >= 0.3 is 5.97 Å². The summed E-state index contributed by atoms with van der Waals surface area (Å²) in [5.41, 5.74) is 0.497. The smallest absolute Gasteiger partial charge is 0.329 e. The van der Waals surface area contributed by atoms with Crippen LogP contribution in [-0.2, 0) is 14.3 Å². The molecule has 2 aromatic rings. The van der Waals surface area contributed by atoms with Gasteiger partial charge in [0.15, 0.2) is 12.4 Å². The molecule has 1 atom stereocenters. The molecule has 0 saturated heterocycles. The Hall–Kier alpha value is -3.14. The monoisotopic (exact) mass is 417 g/mol. The van der Waals surface area contributed by atoms with Crippen molar-refractivity contribution < 1.29 is 28.4 Å². The van der Waals surface area contributed by atoms with Gasteiger partial charge in [-0.2, -0.15) is 11.8 Å². The number of imide groups is 1. The Morgan fingerprint density at radius 2 is 1.90 bits per heavy atom. The summed E-state index contributed by atoms with van der Waals surface area (Å²) in [7, 11) is 0. The molecule has 0 aliphatic carbocycles. The van der Waals surface area contributed by atoms with Crippen LogP contribution in [0.1, 0.15) is 32.9 Å². The zero-order valence-electron chi connectivity index (χ0n) is 15.8. The SMILES string of the molecule is CSCC[C@@H](C(=O)OCC(=O)Nc1cc(C)on1)N1C(=O)c2ccccc2C1=O. The van der Waals surface area contributed by atoms with Crippen molar-refractivity contribution >= 4 is 41.3 Å². The molecule has 0 unspecified atom stereocenters. The van der Waals surface area contributed by atoms with E-state index in [9.17, 15) is 19.2 Å².